The molecule has 0 bridgehead atoms. The zero-order valence-corrected chi connectivity index (χ0v) is 15.7. The Morgan fingerprint density at radius 2 is 1.88 bits per heavy atom. The first-order chi connectivity index (χ1) is 12.5. The lowest BCUT2D eigenvalue weighted by Crippen LogP contribution is -2.40. The van der Waals surface area contributed by atoms with Crippen LogP contribution >= 0.6 is 11.6 Å². The highest BCUT2D eigenvalue weighted by Gasteiger charge is 2.22. The predicted molar refractivity (Wildman–Crippen MR) is 106 cm³/mol. The van der Waals surface area contributed by atoms with Gasteiger partial charge in [-0.3, -0.25) is 14.1 Å². The molecule has 1 unspecified atom stereocenters. The number of aromatic nitrogens is 3. The summed E-state index contributed by atoms with van der Waals surface area (Å²) in [6, 6.07) is 15.0. The van der Waals surface area contributed by atoms with E-state index in [1.807, 2.05) is 35.0 Å². The van der Waals surface area contributed by atoms with Crippen molar-refractivity contribution < 1.29 is 8.78 Å². The van der Waals surface area contributed by atoms with Crippen LogP contribution in [0.2, 0.25) is 5.02 Å². The van der Waals surface area contributed by atoms with E-state index < -0.39 is 10.8 Å². The van der Waals surface area contributed by atoms with Crippen molar-refractivity contribution in [2.24, 2.45) is 0 Å². The number of aryl methyl sites for hydroxylation is 1. The molecule has 0 fully saturated rings. The highest BCUT2D eigenvalue weighted by atomic mass is 35.5. The molecule has 0 saturated heterocycles. The van der Waals surface area contributed by atoms with Crippen LogP contribution in [0, 0.1) is 0 Å². The maximum Gasteiger partial charge on any atom is 0.344 e. The summed E-state index contributed by atoms with van der Waals surface area (Å²) in [5.41, 5.74) is 1.91. The smallest absolute Gasteiger partial charge is 0.284 e. The van der Waals surface area contributed by atoms with Gasteiger partial charge in [-0.1, -0.05) is 29.8 Å². The number of pyridine rings is 1. The van der Waals surface area contributed by atoms with Crippen LogP contribution in [0.15, 0.2) is 59.5 Å². The number of rotatable bonds is 4. The summed E-state index contributed by atoms with van der Waals surface area (Å²) in [6.45, 7) is 0.512. The van der Waals surface area contributed by atoms with Crippen LogP contribution in [-0.2, 0) is 17.3 Å². The molecule has 5 nitrogen and oxygen atoms in total. The molecule has 2 aromatic carbocycles. The van der Waals surface area contributed by atoms with Gasteiger partial charge in [-0.2, -0.15) is 4.57 Å². The highest BCUT2D eigenvalue weighted by molar-refractivity contribution is 7.84. The molecule has 132 valence electrons. The van der Waals surface area contributed by atoms with E-state index in [4.69, 9.17) is 11.6 Å². The third kappa shape index (κ3) is 2.95. The number of halogens is 1. The molecular formula is C19H17ClN3O2S+. The zero-order chi connectivity index (χ0) is 18.3. The van der Waals surface area contributed by atoms with E-state index in [2.05, 4.69) is 5.10 Å². The van der Waals surface area contributed by atoms with E-state index >= 15 is 0 Å². The Balaban J connectivity index is 2.02. The predicted octanol–water partition coefficient (Wildman–Crippen LogP) is 2.79. The molecule has 1 N–H and O–H groups in total. The van der Waals surface area contributed by atoms with Crippen LogP contribution in [0.5, 0.6) is 0 Å². The number of aromatic amines is 1. The first-order valence-electron chi connectivity index (χ1n) is 8.16. The van der Waals surface area contributed by atoms with Gasteiger partial charge in [-0.15, -0.1) is 0 Å². The Hall–Kier alpha value is -2.44. The topological polar surface area (TPSA) is 58.7 Å². The third-order valence-corrected chi connectivity index (χ3v) is 5.39. The molecule has 0 amide bonds. The molecule has 0 saturated carbocycles. The van der Waals surface area contributed by atoms with Crippen molar-refractivity contribution in [2.45, 2.75) is 6.54 Å². The van der Waals surface area contributed by atoms with E-state index in [1.165, 1.54) is 4.68 Å². The van der Waals surface area contributed by atoms with E-state index in [9.17, 15) is 9.00 Å². The Bertz CT molecular complexity index is 1200. The minimum Gasteiger partial charge on any atom is -0.284 e. The molecule has 1 atom stereocenters. The quantitative estimate of drug-likeness (QED) is 0.548. The third-order valence-electron chi connectivity index (χ3n) is 4.38. The lowest BCUT2D eigenvalue weighted by molar-refractivity contribution is -0.665. The number of nitrogens with one attached hydrogen (secondary N) is 1. The Labute approximate surface area is 157 Å². The summed E-state index contributed by atoms with van der Waals surface area (Å²) in [7, 11) is -0.936. The molecule has 0 radical (unpaired) electrons. The second kappa shape index (κ2) is 6.70. The summed E-state index contributed by atoms with van der Waals surface area (Å²) in [4.78, 5) is 13.1. The molecule has 4 aromatic rings. The Morgan fingerprint density at radius 3 is 2.62 bits per heavy atom. The van der Waals surface area contributed by atoms with Crippen LogP contribution in [0.3, 0.4) is 0 Å². The molecule has 26 heavy (non-hydrogen) atoms. The average Bonchev–Trinajstić information content (AvgIpc) is 2.98. The minimum absolute atomic E-state index is 0.144. The van der Waals surface area contributed by atoms with Crippen molar-refractivity contribution >= 4 is 44.2 Å². The molecule has 0 aliphatic heterocycles. The first-order valence-corrected chi connectivity index (χ1v) is 10.3. The van der Waals surface area contributed by atoms with E-state index in [1.54, 1.807) is 30.5 Å². The molecule has 4 rings (SSSR count). The van der Waals surface area contributed by atoms with Crippen LogP contribution in [-0.4, -0.2) is 26.0 Å². The normalized spacial score (nSPS) is 12.7. The maximum absolute atomic E-state index is 13.1. The minimum atomic E-state index is -0.936. The van der Waals surface area contributed by atoms with Gasteiger partial charge in [0.25, 0.3) is 5.52 Å². The van der Waals surface area contributed by atoms with Crippen LogP contribution in [0.1, 0.15) is 0 Å². The van der Waals surface area contributed by atoms with Crippen molar-refractivity contribution in [3.63, 3.8) is 0 Å². The maximum atomic E-state index is 13.1. The van der Waals surface area contributed by atoms with E-state index in [0.29, 0.717) is 28.5 Å². The summed E-state index contributed by atoms with van der Waals surface area (Å²) >= 11 is 5.96. The standard InChI is InChI=1S/C19H16ClN3O2S/c1-26(25)11-10-22-12-13-4-2-3-5-16(13)17-18(22)19(24)23(21-17)15-8-6-14(20)7-9-15/h2-9,12H,10-11H2,1H3/p+1. The fourth-order valence-electron chi connectivity index (χ4n) is 3.13. The Morgan fingerprint density at radius 1 is 1.15 bits per heavy atom. The summed E-state index contributed by atoms with van der Waals surface area (Å²) in [5.74, 6) is 0.490. The highest BCUT2D eigenvalue weighted by Crippen LogP contribution is 2.20. The summed E-state index contributed by atoms with van der Waals surface area (Å²) in [5, 5.41) is 5.84. The monoisotopic (exact) mass is 386 g/mol. The van der Waals surface area contributed by atoms with Gasteiger partial charge in [0.05, 0.1) is 11.4 Å². The lowest BCUT2D eigenvalue weighted by atomic mass is 10.1. The van der Waals surface area contributed by atoms with E-state index in [-0.39, 0.29) is 5.56 Å². The SMILES string of the molecule is CS(=O)CC[n+]1cc2ccccc2c2[nH]n(-c3ccc(Cl)cc3)c(=O)c21. The number of H-pyrrole nitrogens is 1. The Kier molecular flexibility index (Phi) is 4.38. The van der Waals surface area contributed by atoms with Gasteiger partial charge in [0.1, 0.15) is 5.52 Å². The zero-order valence-electron chi connectivity index (χ0n) is 14.1. The molecule has 2 heterocycles. The van der Waals surface area contributed by atoms with Crippen molar-refractivity contribution in [2.75, 3.05) is 12.0 Å². The van der Waals surface area contributed by atoms with Gasteiger partial charge in [0, 0.05) is 32.9 Å². The van der Waals surface area contributed by atoms with Gasteiger partial charge in [0.15, 0.2) is 12.7 Å². The fourth-order valence-corrected chi connectivity index (χ4v) is 3.71. The number of nitrogens with zero attached hydrogens (tertiary/aromatic N) is 2. The number of benzene rings is 2. The van der Waals surface area contributed by atoms with Crippen LogP contribution in [0.25, 0.3) is 27.5 Å². The number of fused-ring (bicyclic) bond motifs is 3. The molecule has 0 aliphatic rings. The van der Waals surface area contributed by atoms with Crippen molar-refractivity contribution in [1.82, 2.24) is 9.78 Å². The second-order valence-corrected chi connectivity index (χ2v) is 8.13. The fraction of sp³-hybridized carbons (Fsp3) is 0.158. The van der Waals surface area contributed by atoms with Gasteiger partial charge >= 0.3 is 5.56 Å². The summed E-state index contributed by atoms with van der Waals surface area (Å²) < 4.78 is 15.0. The summed E-state index contributed by atoms with van der Waals surface area (Å²) in [6.07, 6.45) is 3.62. The molecule has 0 aliphatic carbocycles. The van der Waals surface area contributed by atoms with Gasteiger partial charge in [-0.05, 0) is 30.3 Å². The molecule has 2 aromatic heterocycles. The van der Waals surface area contributed by atoms with E-state index in [0.717, 1.165) is 16.3 Å². The van der Waals surface area contributed by atoms with Gasteiger partial charge in [-0.25, -0.2) is 4.68 Å². The largest absolute Gasteiger partial charge is 0.344 e. The number of hydrogen-bond donors (Lipinski definition) is 1. The number of hydrogen-bond acceptors (Lipinski definition) is 2. The van der Waals surface area contributed by atoms with Crippen molar-refractivity contribution in [1.29, 1.82) is 0 Å². The molecule has 7 heteroatoms. The first kappa shape index (κ1) is 17.0. The molecular weight excluding hydrogens is 370 g/mol. The van der Waals surface area contributed by atoms with Crippen molar-refractivity contribution in [3.05, 3.63) is 70.1 Å². The lowest BCUT2D eigenvalue weighted by Gasteiger charge is -2.01. The van der Waals surface area contributed by atoms with Gasteiger partial charge in [0.2, 0.25) is 0 Å². The van der Waals surface area contributed by atoms with Crippen molar-refractivity contribution in [3.8, 4) is 5.69 Å². The van der Waals surface area contributed by atoms with Crippen LogP contribution in [0.4, 0.5) is 0 Å². The van der Waals surface area contributed by atoms with Crippen LogP contribution < -0.4 is 10.1 Å². The second-order valence-electron chi connectivity index (χ2n) is 6.14. The molecule has 0 spiro atoms. The van der Waals surface area contributed by atoms with Gasteiger partial charge < -0.3 is 0 Å². The average molecular weight is 387 g/mol.